The van der Waals surface area contributed by atoms with Crippen LogP contribution in [0.15, 0.2) is 63.3 Å². The number of aryl methyl sites for hydroxylation is 1. The van der Waals surface area contributed by atoms with Gasteiger partial charge in [-0.15, -0.1) is 0 Å². The summed E-state index contributed by atoms with van der Waals surface area (Å²) in [4.78, 5) is 26.3. The fourth-order valence-corrected chi connectivity index (χ4v) is 3.71. The van der Waals surface area contributed by atoms with Crippen LogP contribution in [0.2, 0.25) is 0 Å². The van der Waals surface area contributed by atoms with E-state index in [1.807, 2.05) is 30.3 Å². The van der Waals surface area contributed by atoms with Crippen LogP contribution in [0, 0.1) is 0 Å². The molecule has 3 aromatic heterocycles. The van der Waals surface area contributed by atoms with Crippen molar-refractivity contribution in [2.45, 2.75) is 37.2 Å². The highest BCUT2D eigenvalue weighted by molar-refractivity contribution is 7.98. The van der Waals surface area contributed by atoms with Crippen molar-refractivity contribution in [1.29, 1.82) is 0 Å². The van der Waals surface area contributed by atoms with Gasteiger partial charge in [0.2, 0.25) is 5.89 Å². The van der Waals surface area contributed by atoms with Gasteiger partial charge < -0.3 is 4.52 Å². The van der Waals surface area contributed by atoms with E-state index in [1.165, 1.54) is 11.8 Å². The second kappa shape index (κ2) is 8.35. The number of para-hydroxylation sites is 1. The van der Waals surface area contributed by atoms with E-state index in [0.29, 0.717) is 40.1 Å². The van der Waals surface area contributed by atoms with Crippen molar-refractivity contribution in [2.24, 2.45) is 0 Å². The predicted molar refractivity (Wildman–Crippen MR) is 107 cm³/mol. The lowest BCUT2D eigenvalue weighted by molar-refractivity contribution is 0.384. The third kappa shape index (κ3) is 3.96. The zero-order chi connectivity index (χ0) is 19.3. The molecule has 0 spiro atoms. The molecular weight excluding hydrogens is 374 g/mol. The van der Waals surface area contributed by atoms with E-state index in [-0.39, 0.29) is 5.56 Å². The summed E-state index contributed by atoms with van der Waals surface area (Å²) in [6, 6.07) is 11.2. The molecule has 0 saturated heterocycles. The molecule has 0 aliphatic carbocycles. The molecule has 4 aromatic rings. The first-order valence-corrected chi connectivity index (χ1v) is 10.1. The highest BCUT2D eigenvalue weighted by Crippen LogP contribution is 2.22. The lowest BCUT2D eigenvalue weighted by Gasteiger charge is -2.12. The average molecular weight is 393 g/mol. The molecule has 0 atom stereocenters. The third-order valence-electron chi connectivity index (χ3n) is 4.20. The summed E-state index contributed by atoms with van der Waals surface area (Å²) in [5, 5.41) is 5.19. The fraction of sp³-hybridized carbons (Fsp3) is 0.250. The maximum Gasteiger partial charge on any atom is 0.262 e. The molecule has 8 heteroatoms. The number of hydrogen-bond acceptors (Lipinski definition) is 7. The van der Waals surface area contributed by atoms with Gasteiger partial charge in [0.1, 0.15) is 0 Å². The van der Waals surface area contributed by atoms with Gasteiger partial charge in [-0.05, 0) is 30.2 Å². The lowest BCUT2D eigenvalue weighted by Crippen LogP contribution is -2.24. The summed E-state index contributed by atoms with van der Waals surface area (Å²) in [5.41, 5.74) is 1.54. The molecule has 28 heavy (non-hydrogen) atoms. The van der Waals surface area contributed by atoms with Crippen molar-refractivity contribution in [1.82, 2.24) is 24.7 Å². The van der Waals surface area contributed by atoms with Gasteiger partial charge in [0.05, 0.1) is 23.2 Å². The first-order chi connectivity index (χ1) is 13.7. The van der Waals surface area contributed by atoms with Gasteiger partial charge in [0.25, 0.3) is 5.56 Å². The van der Waals surface area contributed by atoms with Crippen molar-refractivity contribution in [3.05, 3.63) is 76.4 Å². The molecule has 0 radical (unpaired) electrons. The van der Waals surface area contributed by atoms with Gasteiger partial charge in [0, 0.05) is 18.8 Å². The van der Waals surface area contributed by atoms with Crippen LogP contribution in [-0.2, 0) is 18.7 Å². The molecule has 0 saturated carbocycles. The average Bonchev–Trinajstić information content (AvgIpc) is 3.17. The number of aromatic nitrogens is 5. The quantitative estimate of drug-likeness (QED) is 0.351. The highest BCUT2D eigenvalue weighted by Gasteiger charge is 2.14. The first kappa shape index (κ1) is 18.4. The minimum Gasteiger partial charge on any atom is -0.338 e. The molecule has 3 heterocycles. The molecule has 142 valence electrons. The van der Waals surface area contributed by atoms with Crippen molar-refractivity contribution in [3.8, 4) is 0 Å². The molecule has 4 rings (SSSR count). The van der Waals surface area contributed by atoms with E-state index in [9.17, 15) is 4.79 Å². The largest absolute Gasteiger partial charge is 0.338 e. The van der Waals surface area contributed by atoms with Crippen LogP contribution in [0.4, 0.5) is 0 Å². The topological polar surface area (TPSA) is 86.7 Å². The van der Waals surface area contributed by atoms with E-state index in [2.05, 4.69) is 22.0 Å². The normalized spacial score (nSPS) is 11.2. The molecule has 0 aliphatic heterocycles. The Morgan fingerprint density at radius 2 is 2.04 bits per heavy atom. The molecule has 0 aliphatic rings. The van der Waals surface area contributed by atoms with E-state index in [0.717, 1.165) is 18.4 Å². The van der Waals surface area contributed by atoms with Gasteiger partial charge in [-0.25, -0.2) is 4.98 Å². The van der Waals surface area contributed by atoms with Crippen molar-refractivity contribution >= 4 is 22.7 Å². The number of thioether (sulfide) groups is 1. The van der Waals surface area contributed by atoms with Crippen LogP contribution < -0.4 is 5.56 Å². The Balaban J connectivity index is 1.68. The second-order valence-electron chi connectivity index (χ2n) is 6.31. The summed E-state index contributed by atoms with van der Waals surface area (Å²) in [6.07, 6.45) is 5.21. The van der Waals surface area contributed by atoms with Crippen LogP contribution in [0.1, 0.15) is 30.6 Å². The van der Waals surface area contributed by atoms with Gasteiger partial charge in [-0.1, -0.05) is 42.0 Å². The first-order valence-electron chi connectivity index (χ1n) is 9.07. The Kier molecular flexibility index (Phi) is 5.48. The van der Waals surface area contributed by atoms with Gasteiger partial charge in [-0.3, -0.25) is 14.3 Å². The molecule has 0 bridgehead atoms. The van der Waals surface area contributed by atoms with Gasteiger partial charge in [0.15, 0.2) is 11.0 Å². The minimum absolute atomic E-state index is 0.0749. The number of hydrogen-bond donors (Lipinski definition) is 0. The van der Waals surface area contributed by atoms with E-state index >= 15 is 0 Å². The molecule has 7 nitrogen and oxygen atoms in total. The summed E-state index contributed by atoms with van der Waals surface area (Å²) < 4.78 is 6.98. The van der Waals surface area contributed by atoms with E-state index < -0.39 is 0 Å². The molecule has 0 unspecified atom stereocenters. The molecule has 0 amide bonds. The second-order valence-corrected chi connectivity index (χ2v) is 7.25. The number of rotatable bonds is 7. The van der Waals surface area contributed by atoms with Crippen LogP contribution in [-0.4, -0.2) is 24.7 Å². The minimum atomic E-state index is -0.0749. The Morgan fingerprint density at radius 1 is 1.14 bits per heavy atom. The third-order valence-corrected chi connectivity index (χ3v) is 5.16. The standard InChI is InChI=1S/C20H19N5O2S/c1-2-6-17-23-18(27-24-17)13-28-20-22-16-9-4-3-8-15(16)19(26)25(20)12-14-7-5-10-21-11-14/h3-5,7-11H,2,6,12-13H2,1H3. The smallest absolute Gasteiger partial charge is 0.262 e. The molecule has 0 fully saturated rings. The maximum atomic E-state index is 13.1. The number of nitrogens with zero attached hydrogens (tertiary/aromatic N) is 5. The fourth-order valence-electron chi connectivity index (χ4n) is 2.87. The lowest BCUT2D eigenvalue weighted by atomic mass is 10.2. The van der Waals surface area contributed by atoms with E-state index in [4.69, 9.17) is 9.51 Å². The SMILES string of the molecule is CCCc1noc(CSc2nc3ccccc3c(=O)n2Cc2cccnc2)n1. The zero-order valence-electron chi connectivity index (χ0n) is 15.4. The van der Waals surface area contributed by atoms with Crippen molar-refractivity contribution in [2.75, 3.05) is 0 Å². The molecule has 0 N–H and O–H groups in total. The Morgan fingerprint density at radius 3 is 2.86 bits per heavy atom. The summed E-state index contributed by atoms with van der Waals surface area (Å²) in [7, 11) is 0. The maximum absolute atomic E-state index is 13.1. The summed E-state index contributed by atoms with van der Waals surface area (Å²) in [5.74, 6) is 1.69. The van der Waals surface area contributed by atoms with Gasteiger partial charge in [-0.2, -0.15) is 4.98 Å². The number of benzene rings is 1. The molecular formula is C20H19N5O2S. The van der Waals surface area contributed by atoms with Crippen LogP contribution in [0.3, 0.4) is 0 Å². The van der Waals surface area contributed by atoms with Crippen molar-refractivity contribution < 1.29 is 4.52 Å². The molecule has 1 aromatic carbocycles. The van der Waals surface area contributed by atoms with E-state index in [1.54, 1.807) is 23.0 Å². The van der Waals surface area contributed by atoms with Crippen LogP contribution in [0.25, 0.3) is 10.9 Å². The monoisotopic (exact) mass is 393 g/mol. The summed E-state index contributed by atoms with van der Waals surface area (Å²) in [6.45, 7) is 2.47. The van der Waals surface area contributed by atoms with Gasteiger partial charge >= 0.3 is 0 Å². The zero-order valence-corrected chi connectivity index (χ0v) is 16.2. The van der Waals surface area contributed by atoms with Crippen LogP contribution >= 0.6 is 11.8 Å². The Labute approximate surface area is 165 Å². The Hall–Kier alpha value is -3.00. The van der Waals surface area contributed by atoms with Crippen molar-refractivity contribution in [3.63, 3.8) is 0 Å². The Bertz CT molecular complexity index is 1140. The highest BCUT2D eigenvalue weighted by atomic mass is 32.2. The summed E-state index contributed by atoms with van der Waals surface area (Å²) >= 11 is 1.42. The van der Waals surface area contributed by atoms with Crippen LogP contribution in [0.5, 0.6) is 0 Å². The predicted octanol–water partition coefficient (Wildman–Crippen LogP) is 3.47. The number of pyridine rings is 1. The number of fused-ring (bicyclic) bond motifs is 1.